The molecule has 0 aliphatic heterocycles. The van der Waals surface area contributed by atoms with Crippen LogP contribution < -0.4 is 10.6 Å². The summed E-state index contributed by atoms with van der Waals surface area (Å²) in [7, 11) is 0. The molecule has 1 aromatic rings. The van der Waals surface area contributed by atoms with Crippen molar-refractivity contribution >= 4 is 11.6 Å². The van der Waals surface area contributed by atoms with E-state index in [-0.39, 0.29) is 0 Å². The smallest absolute Gasteiger partial charge is 0.170 e. The average molecular weight is 189 g/mol. The molecule has 0 radical (unpaired) electrons. The summed E-state index contributed by atoms with van der Waals surface area (Å²) in [6.45, 7) is 6.06. The highest BCUT2D eigenvalue weighted by atomic mass is 15.1. The van der Waals surface area contributed by atoms with Gasteiger partial charge in [0, 0.05) is 5.22 Å². The first-order chi connectivity index (χ1) is 6.83. The third kappa shape index (κ3) is 1.69. The summed E-state index contributed by atoms with van der Waals surface area (Å²) in [5.74, 6) is 0. The molecule has 0 saturated carbocycles. The van der Waals surface area contributed by atoms with Crippen molar-refractivity contribution in [2.24, 2.45) is 0 Å². The normalized spacial score (nSPS) is 13.1. The van der Waals surface area contributed by atoms with Gasteiger partial charge in [-0.15, -0.1) is 0 Å². The van der Waals surface area contributed by atoms with E-state index in [4.69, 9.17) is 5.26 Å². The van der Waals surface area contributed by atoms with Gasteiger partial charge >= 0.3 is 0 Å². The first-order valence-corrected chi connectivity index (χ1v) is 4.97. The van der Waals surface area contributed by atoms with Crippen molar-refractivity contribution in [2.75, 3.05) is 0 Å². The van der Waals surface area contributed by atoms with Crippen LogP contribution in [0.3, 0.4) is 0 Å². The second-order valence-electron chi connectivity index (χ2n) is 3.00. The summed E-state index contributed by atoms with van der Waals surface area (Å²) < 4.78 is 0. The summed E-state index contributed by atoms with van der Waals surface area (Å²) in [4.78, 5) is 0. The summed E-state index contributed by atoms with van der Waals surface area (Å²) in [6, 6.07) is 2.08. The Morgan fingerprint density at radius 3 is 2.86 bits per heavy atom. The lowest BCUT2D eigenvalue weighted by atomic mass is 10.0. The number of fused-ring (bicyclic) bond motifs is 1. The van der Waals surface area contributed by atoms with E-state index in [1.54, 1.807) is 0 Å². The fraction of sp³-hybridized carbons (Fsp3) is 0.455. The van der Waals surface area contributed by atoms with E-state index >= 15 is 0 Å². The Hall–Kier alpha value is -1.56. The molecule has 0 atom stereocenters. The number of nitriles is 1. The fourth-order valence-electron chi connectivity index (χ4n) is 1.57. The molecule has 0 amide bonds. The Labute approximate surface area is 83.8 Å². The maximum absolute atomic E-state index is 8.74. The molecule has 1 aliphatic carbocycles. The molecule has 1 aliphatic rings. The highest BCUT2D eigenvalue weighted by molar-refractivity contribution is 5.50. The Bertz CT molecular complexity index is 460. The van der Waals surface area contributed by atoms with Gasteiger partial charge in [0.2, 0.25) is 0 Å². The minimum absolute atomic E-state index is 0.526. The van der Waals surface area contributed by atoms with Crippen molar-refractivity contribution < 1.29 is 0 Å². The van der Waals surface area contributed by atoms with Crippen LogP contribution in [-0.2, 0) is 0 Å². The number of nitrogens with one attached hydrogen (secondary N) is 1. The second-order valence-corrected chi connectivity index (χ2v) is 3.00. The molecule has 0 fully saturated rings. The maximum Gasteiger partial charge on any atom is 0.170 e. The largest absolute Gasteiger partial charge is 0.277 e. The van der Waals surface area contributed by atoms with Crippen LogP contribution in [0.2, 0.25) is 0 Å². The summed E-state index contributed by atoms with van der Waals surface area (Å²) >= 11 is 0. The lowest BCUT2D eigenvalue weighted by Crippen LogP contribution is -2.28. The standard InChI is InChI=1S/C9H9N3.C2H6/c1-6-3-2-4-7-9(6)8(5-10)12-11-7;1-2/h4,11H,2-3H2,1H3;1-2H3. The first kappa shape index (κ1) is 10.5. The molecule has 14 heavy (non-hydrogen) atoms. The molecule has 0 spiro atoms. The predicted molar refractivity (Wildman–Crippen MR) is 56.7 cm³/mol. The van der Waals surface area contributed by atoms with Crippen molar-refractivity contribution in [3.8, 4) is 6.07 Å². The Balaban J connectivity index is 0.000000461. The van der Waals surface area contributed by atoms with Gasteiger partial charge in [-0.2, -0.15) is 10.4 Å². The Morgan fingerprint density at radius 2 is 2.21 bits per heavy atom. The molecule has 1 heterocycles. The molecular formula is C11H15N3. The number of H-pyrrole nitrogens is 1. The van der Waals surface area contributed by atoms with Crippen LogP contribution in [0.4, 0.5) is 0 Å². The van der Waals surface area contributed by atoms with E-state index in [1.807, 2.05) is 13.8 Å². The molecule has 2 rings (SSSR count). The molecule has 1 N–H and O–H groups in total. The van der Waals surface area contributed by atoms with Crippen molar-refractivity contribution in [3.05, 3.63) is 16.3 Å². The van der Waals surface area contributed by atoms with E-state index in [1.165, 1.54) is 5.57 Å². The van der Waals surface area contributed by atoms with Gasteiger partial charge in [-0.25, -0.2) is 0 Å². The Kier molecular flexibility index (Phi) is 3.47. The molecule has 1 aromatic heterocycles. The van der Waals surface area contributed by atoms with E-state index in [0.717, 1.165) is 23.4 Å². The lowest BCUT2D eigenvalue weighted by molar-refractivity contribution is 1.02. The lowest BCUT2D eigenvalue weighted by Gasteiger charge is -2.00. The van der Waals surface area contributed by atoms with Crippen LogP contribution in [0.1, 0.15) is 39.3 Å². The third-order valence-electron chi connectivity index (χ3n) is 2.19. The van der Waals surface area contributed by atoms with Crippen molar-refractivity contribution in [1.82, 2.24) is 10.2 Å². The number of hydrogen-bond acceptors (Lipinski definition) is 2. The molecular weight excluding hydrogens is 174 g/mol. The molecule has 0 bridgehead atoms. The highest BCUT2D eigenvalue weighted by Gasteiger charge is 2.06. The van der Waals surface area contributed by atoms with Gasteiger partial charge in [0.05, 0.1) is 5.35 Å². The predicted octanol–water partition coefficient (Wildman–Crippen LogP) is 1.05. The number of aromatic amines is 1. The van der Waals surface area contributed by atoms with Crippen LogP contribution in [0, 0.1) is 11.3 Å². The van der Waals surface area contributed by atoms with Crippen molar-refractivity contribution in [2.45, 2.75) is 33.6 Å². The monoisotopic (exact) mass is 189 g/mol. The van der Waals surface area contributed by atoms with E-state index < -0.39 is 0 Å². The van der Waals surface area contributed by atoms with E-state index in [0.29, 0.717) is 5.69 Å². The number of rotatable bonds is 0. The van der Waals surface area contributed by atoms with Gasteiger partial charge in [0.25, 0.3) is 0 Å². The van der Waals surface area contributed by atoms with Crippen LogP contribution in [0.5, 0.6) is 0 Å². The van der Waals surface area contributed by atoms with Crippen LogP contribution in [0.15, 0.2) is 0 Å². The molecule has 74 valence electrons. The van der Waals surface area contributed by atoms with Gasteiger partial charge in [-0.3, -0.25) is 5.10 Å². The summed E-state index contributed by atoms with van der Waals surface area (Å²) in [5, 5.41) is 17.6. The van der Waals surface area contributed by atoms with E-state index in [9.17, 15) is 0 Å². The van der Waals surface area contributed by atoms with Gasteiger partial charge in [0.15, 0.2) is 5.69 Å². The quantitative estimate of drug-likeness (QED) is 0.663. The van der Waals surface area contributed by atoms with Crippen molar-refractivity contribution in [1.29, 1.82) is 5.26 Å². The SMILES string of the molecule is CC.CC1=c2c(C#N)n[nH]c2=CCC1. The van der Waals surface area contributed by atoms with Gasteiger partial charge < -0.3 is 0 Å². The molecule has 0 saturated heterocycles. The second kappa shape index (κ2) is 4.61. The van der Waals surface area contributed by atoms with Crippen LogP contribution in [-0.4, -0.2) is 10.2 Å². The van der Waals surface area contributed by atoms with Gasteiger partial charge in [0.1, 0.15) is 6.07 Å². The minimum atomic E-state index is 0.526. The van der Waals surface area contributed by atoms with Gasteiger partial charge in [-0.1, -0.05) is 25.5 Å². The molecule has 0 aromatic carbocycles. The maximum atomic E-state index is 8.74. The molecule has 0 unspecified atom stereocenters. The first-order valence-electron chi connectivity index (χ1n) is 4.97. The zero-order valence-corrected chi connectivity index (χ0v) is 8.89. The number of nitrogens with zero attached hydrogens (tertiary/aromatic N) is 2. The molecule has 3 nitrogen and oxygen atoms in total. The summed E-state index contributed by atoms with van der Waals surface area (Å²) in [5.41, 5.74) is 1.79. The van der Waals surface area contributed by atoms with Crippen LogP contribution >= 0.6 is 0 Å². The molecule has 3 heteroatoms. The number of aromatic nitrogens is 2. The van der Waals surface area contributed by atoms with E-state index in [2.05, 4.69) is 29.3 Å². The average Bonchev–Trinajstić information content (AvgIpc) is 2.65. The highest BCUT2D eigenvalue weighted by Crippen LogP contribution is 2.05. The van der Waals surface area contributed by atoms with Crippen LogP contribution in [0.25, 0.3) is 11.6 Å². The van der Waals surface area contributed by atoms with Gasteiger partial charge in [-0.05, 0) is 19.8 Å². The zero-order valence-electron chi connectivity index (χ0n) is 8.89. The Morgan fingerprint density at radius 1 is 1.50 bits per heavy atom. The topological polar surface area (TPSA) is 52.5 Å². The van der Waals surface area contributed by atoms with Crippen molar-refractivity contribution in [3.63, 3.8) is 0 Å². The fourth-order valence-corrected chi connectivity index (χ4v) is 1.57. The number of hydrogen-bond donors (Lipinski definition) is 1. The third-order valence-corrected chi connectivity index (χ3v) is 2.19. The summed E-state index contributed by atoms with van der Waals surface area (Å²) in [6.07, 6.45) is 4.18. The zero-order chi connectivity index (χ0) is 10.6. The minimum Gasteiger partial charge on any atom is -0.277 e.